The average Bonchev–Trinajstić information content (AvgIpc) is 2.80. The van der Waals surface area contributed by atoms with Crippen molar-refractivity contribution in [2.75, 3.05) is 46.9 Å². The number of hydrogen-bond donors (Lipinski definition) is 1. The van der Waals surface area contributed by atoms with Gasteiger partial charge in [-0.25, -0.2) is 0 Å². The lowest BCUT2D eigenvalue weighted by Gasteiger charge is -2.34. The Morgan fingerprint density at radius 1 is 1.06 bits per heavy atom. The molecule has 2 aromatic carbocycles. The first-order chi connectivity index (χ1) is 15.0. The van der Waals surface area contributed by atoms with E-state index in [0.717, 1.165) is 49.8 Å². The lowest BCUT2D eigenvalue weighted by atomic mass is 10.1. The molecule has 1 amide bonds. The average molecular weight is 423 g/mol. The number of nitrogens with one attached hydrogen (secondary N) is 1. The first-order valence-electron chi connectivity index (χ1n) is 10.5. The second-order valence-electron chi connectivity index (χ2n) is 7.76. The molecule has 1 atom stereocenters. The third-order valence-electron chi connectivity index (χ3n) is 5.60. The van der Waals surface area contributed by atoms with E-state index in [1.54, 1.807) is 14.2 Å². The van der Waals surface area contributed by atoms with Gasteiger partial charge in [0.05, 0.1) is 38.4 Å². The Hall–Kier alpha value is -3.08. The van der Waals surface area contributed by atoms with Crippen LogP contribution in [-0.4, -0.2) is 62.7 Å². The fraction of sp³-hybridized carbons (Fsp3) is 0.417. The predicted octanol–water partition coefficient (Wildman–Crippen LogP) is 2.57. The number of hydrogen-bond acceptors (Lipinski definition) is 6. The van der Waals surface area contributed by atoms with Crippen LogP contribution in [0, 0.1) is 11.3 Å². The summed E-state index contributed by atoms with van der Waals surface area (Å²) in [5.74, 6) is 1.46. The summed E-state index contributed by atoms with van der Waals surface area (Å²) in [6.07, 6.45) is 0. The Morgan fingerprint density at radius 3 is 2.35 bits per heavy atom. The minimum atomic E-state index is -0.185. The normalized spacial score (nSPS) is 15.7. The molecule has 2 aromatic rings. The topological polar surface area (TPSA) is 77.8 Å². The van der Waals surface area contributed by atoms with Crippen LogP contribution in [0.4, 0.5) is 0 Å². The maximum atomic E-state index is 12.6. The summed E-state index contributed by atoms with van der Waals surface area (Å²) in [5, 5.41) is 12.0. The molecule has 164 valence electrons. The molecule has 1 saturated heterocycles. The van der Waals surface area contributed by atoms with Crippen molar-refractivity contribution in [1.29, 1.82) is 5.26 Å². The van der Waals surface area contributed by atoms with E-state index in [9.17, 15) is 4.79 Å². The second kappa shape index (κ2) is 10.8. The van der Waals surface area contributed by atoms with E-state index in [4.69, 9.17) is 14.7 Å². The molecule has 7 nitrogen and oxygen atoms in total. The summed E-state index contributed by atoms with van der Waals surface area (Å²) in [5.41, 5.74) is 2.77. The van der Waals surface area contributed by atoms with E-state index in [1.807, 2.05) is 49.4 Å². The van der Waals surface area contributed by atoms with Gasteiger partial charge in [0.25, 0.3) is 0 Å². The standard InChI is InChI=1S/C24H30N4O3/c1-18(22-14-21(30-2)8-9-23(22)31-3)26-24(29)17-28-12-10-27(11-13-28)16-20-6-4-19(15-25)5-7-20/h4-9,14,18H,10-13,16-17H2,1-3H3,(H,26,29)/t18-/m0/s1. The fourth-order valence-corrected chi connectivity index (χ4v) is 3.79. The van der Waals surface area contributed by atoms with Crippen LogP contribution in [0.1, 0.15) is 29.7 Å². The first kappa shape index (κ1) is 22.6. The molecular weight excluding hydrogens is 392 g/mol. The summed E-state index contributed by atoms with van der Waals surface area (Å²) < 4.78 is 10.7. The predicted molar refractivity (Wildman–Crippen MR) is 119 cm³/mol. The van der Waals surface area contributed by atoms with E-state index in [0.29, 0.717) is 12.1 Å². The molecule has 0 bridgehead atoms. The van der Waals surface area contributed by atoms with Crippen LogP contribution < -0.4 is 14.8 Å². The maximum absolute atomic E-state index is 12.6. The van der Waals surface area contributed by atoms with Gasteiger partial charge in [-0.1, -0.05) is 12.1 Å². The van der Waals surface area contributed by atoms with Crippen LogP contribution in [0.15, 0.2) is 42.5 Å². The third-order valence-corrected chi connectivity index (χ3v) is 5.60. The summed E-state index contributed by atoms with van der Waals surface area (Å²) >= 11 is 0. The second-order valence-corrected chi connectivity index (χ2v) is 7.76. The Bertz CT molecular complexity index is 915. The van der Waals surface area contributed by atoms with Crippen LogP contribution >= 0.6 is 0 Å². The number of amides is 1. The SMILES string of the molecule is COc1ccc(OC)c([C@H](C)NC(=O)CN2CCN(Cc3ccc(C#N)cc3)CC2)c1. The monoisotopic (exact) mass is 422 g/mol. The van der Waals surface area contributed by atoms with Crippen molar-refractivity contribution in [3.8, 4) is 17.6 Å². The van der Waals surface area contributed by atoms with E-state index < -0.39 is 0 Å². The molecule has 0 spiro atoms. The van der Waals surface area contributed by atoms with Gasteiger partial charge in [0, 0.05) is 38.3 Å². The molecule has 1 N–H and O–H groups in total. The van der Waals surface area contributed by atoms with Gasteiger partial charge >= 0.3 is 0 Å². The molecule has 7 heteroatoms. The quantitative estimate of drug-likeness (QED) is 0.705. The third kappa shape index (κ3) is 6.20. The molecule has 0 saturated carbocycles. The van der Waals surface area contributed by atoms with Gasteiger partial charge in [-0.3, -0.25) is 14.6 Å². The number of methoxy groups -OCH3 is 2. The van der Waals surface area contributed by atoms with Crippen LogP contribution in [-0.2, 0) is 11.3 Å². The highest BCUT2D eigenvalue weighted by Crippen LogP contribution is 2.29. The molecule has 0 unspecified atom stereocenters. The van der Waals surface area contributed by atoms with Gasteiger partial charge in [0.1, 0.15) is 11.5 Å². The van der Waals surface area contributed by atoms with Crippen molar-refractivity contribution < 1.29 is 14.3 Å². The zero-order valence-corrected chi connectivity index (χ0v) is 18.4. The minimum absolute atomic E-state index is 0.00193. The van der Waals surface area contributed by atoms with Crippen molar-refractivity contribution in [2.24, 2.45) is 0 Å². The fourth-order valence-electron chi connectivity index (χ4n) is 3.79. The molecule has 0 radical (unpaired) electrons. The van der Waals surface area contributed by atoms with Gasteiger partial charge in [-0.05, 0) is 42.8 Å². The summed E-state index contributed by atoms with van der Waals surface area (Å²) in [7, 11) is 3.24. The van der Waals surface area contributed by atoms with E-state index in [-0.39, 0.29) is 11.9 Å². The largest absolute Gasteiger partial charge is 0.497 e. The lowest BCUT2D eigenvalue weighted by Crippen LogP contribution is -2.49. The van der Waals surface area contributed by atoms with Crippen molar-refractivity contribution >= 4 is 5.91 Å². The summed E-state index contributed by atoms with van der Waals surface area (Å²) in [6.45, 7) is 6.70. The van der Waals surface area contributed by atoms with Crippen LogP contribution in [0.3, 0.4) is 0 Å². The first-order valence-corrected chi connectivity index (χ1v) is 10.5. The van der Waals surface area contributed by atoms with Crippen molar-refractivity contribution in [3.05, 3.63) is 59.2 Å². The lowest BCUT2D eigenvalue weighted by molar-refractivity contribution is -0.123. The molecule has 0 aliphatic carbocycles. The number of carbonyl (C=O) groups is 1. The number of carbonyl (C=O) groups excluding carboxylic acids is 1. The van der Waals surface area contributed by atoms with Crippen molar-refractivity contribution in [3.63, 3.8) is 0 Å². The number of nitriles is 1. The Morgan fingerprint density at radius 2 is 1.74 bits per heavy atom. The van der Waals surface area contributed by atoms with E-state index in [2.05, 4.69) is 21.2 Å². The summed E-state index contributed by atoms with van der Waals surface area (Å²) in [6, 6.07) is 15.3. The highest BCUT2D eigenvalue weighted by atomic mass is 16.5. The van der Waals surface area contributed by atoms with Gasteiger partial charge in [-0.2, -0.15) is 5.26 Å². The number of nitrogens with zero attached hydrogens (tertiary/aromatic N) is 3. The Balaban J connectivity index is 1.47. The van der Waals surface area contributed by atoms with Gasteiger partial charge in [0.2, 0.25) is 5.91 Å². The highest BCUT2D eigenvalue weighted by molar-refractivity contribution is 5.78. The molecule has 1 fully saturated rings. The molecule has 1 heterocycles. The minimum Gasteiger partial charge on any atom is -0.497 e. The number of ether oxygens (including phenoxy) is 2. The van der Waals surface area contributed by atoms with Crippen LogP contribution in [0.5, 0.6) is 11.5 Å². The zero-order chi connectivity index (χ0) is 22.2. The van der Waals surface area contributed by atoms with Crippen molar-refractivity contribution in [2.45, 2.75) is 19.5 Å². The number of benzene rings is 2. The molecule has 1 aliphatic rings. The molecule has 0 aromatic heterocycles. The number of rotatable bonds is 8. The number of piperazine rings is 1. The van der Waals surface area contributed by atoms with Crippen LogP contribution in [0.25, 0.3) is 0 Å². The zero-order valence-electron chi connectivity index (χ0n) is 18.4. The van der Waals surface area contributed by atoms with Gasteiger partial charge < -0.3 is 14.8 Å². The smallest absolute Gasteiger partial charge is 0.234 e. The van der Waals surface area contributed by atoms with E-state index >= 15 is 0 Å². The van der Waals surface area contributed by atoms with E-state index in [1.165, 1.54) is 5.56 Å². The summed E-state index contributed by atoms with van der Waals surface area (Å²) in [4.78, 5) is 17.2. The molecule has 3 rings (SSSR count). The van der Waals surface area contributed by atoms with Gasteiger partial charge in [0.15, 0.2) is 0 Å². The Kier molecular flexibility index (Phi) is 7.88. The molecule has 1 aliphatic heterocycles. The molecule has 31 heavy (non-hydrogen) atoms. The van der Waals surface area contributed by atoms with Crippen LogP contribution in [0.2, 0.25) is 0 Å². The molecular formula is C24H30N4O3. The van der Waals surface area contributed by atoms with Gasteiger partial charge in [-0.15, -0.1) is 0 Å². The maximum Gasteiger partial charge on any atom is 0.234 e. The highest BCUT2D eigenvalue weighted by Gasteiger charge is 2.21. The van der Waals surface area contributed by atoms with Crippen molar-refractivity contribution in [1.82, 2.24) is 15.1 Å². The Labute approximate surface area is 184 Å².